The number of aryl methyl sites for hydroxylation is 25. The predicted molar refractivity (Wildman–Crippen MR) is 598 cm³/mol. The minimum Gasteiger partial charge on any atom is -0.380 e. The third-order valence-corrected chi connectivity index (χ3v) is 23.6. The maximum absolute atomic E-state index is 5.85. The van der Waals surface area contributed by atoms with E-state index >= 15 is 0 Å². The molecule has 12 heterocycles. The van der Waals surface area contributed by atoms with E-state index in [9.17, 15) is 0 Å². The Morgan fingerprint density at radius 2 is 0.601 bits per heavy atom. The smallest absolute Gasteiger partial charge is 0.154 e. The molecule has 0 aromatic carbocycles. The van der Waals surface area contributed by atoms with Gasteiger partial charge in [-0.15, -0.1) is 0 Å². The molecule has 0 saturated carbocycles. The summed E-state index contributed by atoms with van der Waals surface area (Å²) < 4.78 is 55.5. The average molecular weight is 2080 g/mol. The van der Waals surface area contributed by atoms with E-state index in [1.165, 1.54) is 72.3 Å². The third kappa shape index (κ3) is 50.9. The van der Waals surface area contributed by atoms with E-state index in [2.05, 4.69) is 225 Å². The van der Waals surface area contributed by atoms with Crippen molar-refractivity contribution in [2.24, 2.45) is 0 Å². The lowest BCUT2D eigenvalue weighted by Gasteiger charge is -2.11. The van der Waals surface area contributed by atoms with Crippen LogP contribution in [0.5, 0.6) is 0 Å². The van der Waals surface area contributed by atoms with Gasteiger partial charge in [0.25, 0.3) is 0 Å². The van der Waals surface area contributed by atoms with Crippen LogP contribution in [-0.2, 0) is 208 Å². The fraction of sp³-hybridized carbons (Fsp3) is 0.538. The van der Waals surface area contributed by atoms with E-state index in [1.54, 1.807) is 90.6 Å². The number of halogens is 2. The molecule has 0 bridgehead atoms. The van der Waals surface area contributed by atoms with Crippen LogP contribution in [0.1, 0.15) is 311 Å². The largest absolute Gasteiger partial charge is 0.380 e. The van der Waals surface area contributed by atoms with Gasteiger partial charge in [-0.05, 0) is 290 Å². The zero-order chi connectivity index (χ0) is 111. The molecule has 0 atom stereocenters. The molecular formula is C117H178Cl2N18O11. The highest BCUT2D eigenvalue weighted by atomic mass is 35.5. The van der Waals surface area contributed by atoms with Crippen LogP contribution in [0.2, 0.25) is 10.3 Å². The Hall–Kier alpha value is -10.5. The molecule has 0 aliphatic rings. The second-order valence-electron chi connectivity index (χ2n) is 34.7. The third-order valence-electron chi connectivity index (χ3n) is 22.9. The minimum absolute atomic E-state index is 0.483. The summed E-state index contributed by atoms with van der Waals surface area (Å²) in [5.41, 5.74) is 40.9. The van der Waals surface area contributed by atoms with Crippen molar-refractivity contribution >= 4 is 23.2 Å². The van der Waals surface area contributed by atoms with Gasteiger partial charge in [0.05, 0.1) is 145 Å². The number of hydrogen-bond acceptors (Lipinski definition) is 29. The minimum atomic E-state index is 0.483. The lowest BCUT2D eigenvalue weighted by Crippen LogP contribution is -2.04. The Balaban J connectivity index is 0.000000807. The number of pyridine rings is 6. The first-order valence-corrected chi connectivity index (χ1v) is 52.0. The molecule has 816 valence electrons. The van der Waals surface area contributed by atoms with Crippen LogP contribution in [0.15, 0.2) is 79.6 Å². The van der Waals surface area contributed by atoms with Crippen molar-refractivity contribution in [2.45, 2.75) is 350 Å². The van der Waals surface area contributed by atoms with Gasteiger partial charge in [0.1, 0.15) is 13.2 Å². The van der Waals surface area contributed by atoms with Crippen molar-refractivity contribution in [3.05, 3.63) is 311 Å². The number of nitrogens with zero attached hydrogens (tertiary/aromatic N) is 18. The Bertz CT molecular complexity index is 5440. The van der Waals surface area contributed by atoms with Crippen LogP contribution in [0.25, 0.3) is 0 Å². The molecule has 12 aromatic rings. The van der Waals surface area contributed by atoms with Gasteiger partial charge in [-0.25, -0.2) is 29.9 Å². The number of rotatable bonds is 35. The maximum Gasteiger partial charge on any atom is 0.154 e. The van der Waals surface area contributed by atoms with Gasteiger partial charge in [0.15, 0.2) is 22.0 Å². The average Bonchev–Trinajstić information content (AvgIpc) is 0.839. The highest BCUT2D eigenvalue weighted by Crippen LogP contribution is 2.23. The molecule has 29 nitrogen and oxygen atoms in total. The fourth-order valence-electron chi connectivity index (χ4n) is 15.1. The SMILES string of the molecule is CCc1c(C)ccnc1COC.CCc1cc(C)c(C)nc1COC.CCc1cc(C)cc(COC)n1.CCc1cc(C)nc(C)c1COC.CCc1cc(C)nc(COC)n1.CCc1cc(C)nc(COC)n1.CCc1cnc(C)c(C)c1COC.CCc1cncc(C)c1CC.CCc1nc(Cl)c(C)nc1COC.CCc1nc(Cl)c(C)nc1COC.CCc1ncc(C)nc1COC.CCc1ncc(C)nc1COC. The lowest BCUT2D eigenvalue weighted by molar-refractivity contribution is 0.177. The summed E-state index contributed by atoms with van der Waals surface area (Å²) in [6.07, 6.45) is 24.0. The van der Waals surface area contributed by atoms with Crippen molar-refractivity contribution in [1.82, 2.24) is 89.7 Å². The molecule has 0 fully saturated rings. The van der Waals surface area contributed by atoms with Gasteiger partial charge >= 0.3 is 0 Å². The van der Waals surface area contributed by atoms with Gasteiger partial charge in [-0.3, -0.25) is 59.8 Å². The van der Waals surface area contributed by atoms with Gasteiger partial charge in [-0.1, -0.05) is 119 Å². The molecule has 0 aliphatic carbocycles. The van der Waals surface area contributed by atoms with Crippen LogP contribution < -0.4 is 0 Å². The summed E-state index contributed by atoms with van der Waals surface area (Å²) in [5, 5.41) is 0.966. The van der Waals surface area contributed by atoms with Crippen molar-refractivity contribution < 1.29 is 52.1 Å². The van der Waals surface area contributed by atoms with Crippen molar-refractivity contribution in [2.75, 3.05) is 78.2 Å². The second kappa shape index (κ2) is 78.7. The number of ether oxygens (including phenoxy) is 11. The van der Waals surface area contributed by atoms with Crippen LogP contribution in [0, 0.1) is 104 Å². The van der Waals surface area contributed by atoms with Gasteiger partial charge in [0.2, 0.25) is 0 Å². The Kier molecular flexibility index (Phi) is 72.0. The standard InChI is InChI=1S/3C11H17NO.2C10H15NO.C10H15N.2C9H13ClN2O.4C9H14N2O/c1-5-10-6-12-9(3)8(2)11(10)7-13-4;1-5-10-6-8(2)12-9(3)11(10)7-13-4;1-5-10-6-8(2)9(3)12-11(10)7-13-4;1-4-9-5-8(2)6-10(11-9)7-12-3;1-4-9-8(2)5-6-11-10(9)7-12-3;1-4-9-7-11-6-8(3)10(9)5-2;2*1-4-7-8(5-13-3)11-6(2)9(10)12-7;2*1-4-8-9(6-12-3)11-7(2)5-10-8;2*1-4-8-5-7(2)10-9(11-8)6-12-3/h3*6H,5,7H2,1-4H3;2*5-6H,4,7H2,1-3H3;6-7H,4-5H2,1-3H3;2*4-5H2,1-3H3;4*5H,4,6H2,1-3H3. The summed E-state index contributed by atoms with van der Waals surface area (Å²) >= 11 is 11.7. The molecule has 0 spiro atoms. The molecule has 31 heteroatoms. The lowest BCUT2D eigenvalue weighted by atomic mass is 10.0. The van der Waals surface area contributed by atoms with E-state index in [0.29, 0.717) is 83.0 Å². The normalized spacial score (nSPS) is 10.3. The highest BCUT2D eigenvalue weighted by molar-refractivity contribution is 6.30. The molecule has 148 heavy (non-hydrogen) atoms. The summed E-state index contributed by atoms with van der Waals surface area (Å²) in [6.45, 7) is 63.9. The summed E-state index contributed by atoms with van der Waals surface area (Å²) in [5.74, 6) is 1.55. The van der Waals surface area contributed by atoms with Crippen LogP contribution >= 0.6 is 23.2 Å². The number of methoxy groups -OCH3 is 11. The van der Waals surface area contributed by atoms with Gasteiger partial charge < -0.3 is 52.1 Å². The van der Waals surface area contributed by atoms with E-state index < -0.39 is 0 Å². The number of hydrogen-bond donors (Lipinski definition) is 0. The topological polar surface area (TPSA) is 334 Å². The molecule has 12 rings (SSSR count). The second-order valence-corrected chi connectivity index (χ2v) is 35.4. The van der Waals surface area contributed by atoms with E-state index in [0.717, 1.165) is 232 Å². The molecule has 0 aliphatic heterocycles. The fourth-order valence-corrected chi connectivity index (χ4v) is 15.4. The van der Waals surface area contributed by atoms with E-state index in [1.807, 2.05) is 126 Å². The van der Waals surface area contributed by atoms with Crippen LogP contribution in [0.3, 0.4) is 0 Å². The quantitative estimate of drug-likeness (QED) is 0.0356. The highest BCUT2D eigenvalue weighted by Gasteiger charge is 2.15. The first-order chi connectivity index (χ1) is 70.8. The van der Waals surface area contributed by atoms with Crippen LogP contribution in [0.4, 0.5) is 0 Å². The first kappa shape index (κ1) is 136. The van der Waals surface area contributed by atoms with Gasteiger partial charge in [-0.2, -0.15) is 0 Å². The van der Waals surface area contributed by atoms with E-state index in [-0.39, 0.29) is 0 Å². The summed E-state index contributed by atoms with van der Waals surface area (Å²) in [7, 11) is 18.5. The molecule has 0 radical (unpaired) electrons. The van der Waals surface area contributed by atoms with Crippen molar-refractivity contribution in [1.29, 1.82) is 0 Å². The van der Waals surface area contributed by atoms with Crippen molar-refractivity contribution in [3.8, 4) is 0 Å². The van der Waals surface area contributed by atoms with Crippen molar-refractivity contribution in [3.63, 3.8) is 0 Å². The van der Waals surface area contributed by atoms with Gasteiger partial charge in [0, 0.05) is 172 Å². The zero-order valence-corrected chi connectivity index (χ0v) is 98.8. The van der Waals surface area contributed by atoms with Crippen LogP contribution in [-0.4, -0.2) is 168 Å². The molecular weight excluding hydrogens is 1900 g/mol. The zero-order valence-electron chi connectivity index (χ0n) is 97.3. The Morgan fingerprint density at radius 1 is 0.216 bits per heavy atom. The predicted octanol–water partition coefficient (Wildman–Crippen LogP) is 24.2. The first-order valence-electron chi connectivity index (χ1n) is 51.3. The molecule has 0 saturated heterocycles. The molecule has 0 amide bonds. The monoisotopic (exact) mass is 2080 g/mol. The van der Waals surface area contributed by atoms with E-state index in [4.69, 9.17) is 75.3 Å². The molecule has 12 aromatic heterocycles. The molecule has 0 N–H and O–H groups in total. The maximum atomic E-state index is 5.85. The molecule has 0 unspecified atom stereocenters. The Labute approximate surface area is 898 Å². The Morgan fingerprint density at radius 3 is 1.01 bits per heavy atom. The number of aromatic nitrogens is 18. The summed E-state index contributed by atoms with van der Waals surface area (Å²) in [6, 6.07) is 14.6. The summed E-state index contributed by atoms with van der Waals surface area (Å²) in [4.78, 5) is 77.5.